The van der Waals surface area contributed by atoms with Crippen molar-refractivity contribution in [2.24, 2.45) is 0 Å². The molecule has 2 saturated heterocycles. The zero-order valence-corrected chi connectivity index (χ0v) is 28.3. The lowest BCUT2D eigenvalue weighted by Gasteiger charge is -2.36. The number of nitrogens with zero attached hydrogens (tertiary/aromatic N) is 5. The summed E-state index contributed by atoms with van der Waals surface area (Å²) in [5.74, 6) is 4.71. The molecule has 5 rings (SSSR count). The number of likely N-dealkylation sites (tertiary alicyclic amines) is 1. The summed E-state index contributed by atoms with van der Waals surface area (Å²) < 4.78 is 11.9. The van der Waals surface area contributed by atoms with Gasteiger partial charge in [-0.15, -0.1) is 0 Å². The number of halogens is 1. The number of aromatic hydroxyl groups is 1. The van der Waals surface area contributed by atoms with Gasteiger partial charge in [-0.1, -0.05) is 23.4 Å². The molecule has 1 aromatic heterocycles. The van der Waals surface area contributed by atoms with E-state index < -0.39 is 41.9 Å². The molecule has 3 N–H and O–H groups in total. The van der Waals surface area contributed by atoms with E-state index in [2.05, 4.69) is 33.6 Å². The number of methoxy groups -OCH3 is 1. The summed E-state index contributed by atoms with van der Waals surface area (Å²) in [4.78, 5) is 54.5. The molecule has 3 heterocycles. The van der Waals surface area contributed by atoms with Crippen LogP contribution in [0.5, 0.6) is 5.75 Å². The molecule has 3 atom stereocenters. The molecule has 2 fully saturated rings. The lowest BCUT2D eigenvalue weighted by Crippen LogP contribution is -2.59. The molecule has 1 unspecified atom stereocenters. The molecule has 2 aliphatic rings. The molecular weight excluding hydrogens is 666 g/mol. The topological polar surface area (TPSA) is 179 Å². The van der Waals surface area contributed by atoms with Crippen LogP contribution in [0.15, 0.2) is 48.7 Å². The van der Waals surface area contributed by atoms with Gasteiger partial charge in [0.2, 0.25) is 11.8 Å². The van der Waals surface area contributed by atoms with Crippen molar-refractivity contribution in [1.29, 1.82) is 5.26 Å². The normalized spacial score (nSPS) is 17.6. The van der Waals surface area contributed by atoms with Crippen molar-refractivity contribution in [2.45, 2.75) is 50.9 Å². The largest absolute Gasteiger partial charge is 0.507 e. The van der Waals surface area contributed by atoms with Crippen LogP contribution in [0.1, 0.15) is 37.3 Å². The smallest absolute Gasteiger partial charge is 0.328 e. The first-order chi connectivity index (χ1) is 24.1. The summed E-state index contributed by atoms with van der Waals surface area (Å²) in [6, 6.07) is 10.3. The molecular formula is C35H36ClN7O7. The number of ether oxygens (including phenoxy) is 2. The first kappa shape index (κ1) is 35.7. The van der Waals surface area contributed by atoms with Crippen molar-refractivity contribution < 1.29 is 33.8 Å². The third kappa shape index (κ3) is 8.34. The number of benzene rings is 2. The second kappa shape index (κ2) is 16.2. The molecule has 0 radical (unpaired) electrons. The average Bonchev–Trinajstić information content (AvgIpc) is 3.78. The number of hydrogen-bond donors (Lipinski definition) is 3. The Bertz CT molecular complexity index is 1860. The Labute approximate surface area is 293 Å². The number of urea groups is 1. The van der Waals surface area contributed by atoms with Crippen LogP contribution in [-0.4, -0.2) is 100 Å². The van der Waals surface area contributed by atoms with Gasteiger partial charge in [-0.3, -0.25) is 14.3 Å². The maximum atomic E-state index is 13.4. The number of morpholine rings is 1. The first-order valence-electron chi connectivity index (χ1n) is 16.0. The standard InChI is InChI=1S/C35H36ClN7O7/c1-22(38-35(48)43-16-3-5-28(43)34(47)49-2)33(46)42-17-18-50-21-29(42)32(45)39-26-11-7-23(8-12-26)6-9-24-20-41(15-4-14-37)40-31(24)27-19-25(36)10-13-30(27)44/h7-8,10-13,19-20,22,28-29,44H,3-5,15-18,21H2,1-2H3,(H,38,48)(H,39,45)/t22-,28?,29+/m1/s1. The summed E-state index contributed by atoms with van der Waals surface area (Å²) in [7, 11) is 1.26. The molecule has 15 heteroatoms. The Morgan fingerprint density at radius 1 is 1.12 bits per heavy atom. The van der Waals surface area contributed by atoms with Crippen molar-refractivity contribution in [3.63, 3.8) is 0 Å². The lowest BCUT2D eigenvalue weighted by atomic mass is 10.1. The van der Waals surface area contributed by atoms with Crippen molar-refractivity contribution >= 4 is 41.1 Å². The van der Waals surface area contributed by atoms with Crippen LogP contribution in [0.3, 0.4) is 0 Å². The predicted octanol–water partition coefficient (Wildman–Crippen LogP) is 3.12. The highest BCUT2D eigenvalue weighted by atomic mass is 35.5. The van der Waals surface area contributed by atoms with Gasteiger partial charge in [0.1, 0.15) is 29.6 Å². The predicted molar refractivity (Wildman–Crippen MR) is 182 cm³/mol. The van der Waals surface area contributed by atoms with Gasteiger partial charge in [0.25, 0.3) is 0 Å². The fraction of sp³-hybridized carbons (Fsp3) is 0.371. The van der Waals surface area contributed by atoms with Gasteiger partial charge in [-0.05, 0) is 62.2 Å². The maximum Gasteiger partial charge on any atom is 0.328 e. The first-order valence-corrected chi connectivity index (χ1v) is 16.4. The Hall–Kier alpha value is -5.57. The Kier molecular flexibility index (Phi) is 11.6. The van der Waals surface area contributed by atoms with Crippen LogP contribution in [0, 0.1) is 23.2 Å². The Morgan fingerprint density at radius 2 is 1.90 bits per heavy atom. The lowest BCUT2D eigenvalue weighted by molar-refractivity contribution is -0.147. The van der Waals surface area contributed by atoms with Crippen LogP contribution in [0.4, 0.5) is 10.5 Å². The van der Waals surface area contributed by atoms with Crippen molar-refractivity contribution in [3.05, 3.63) is 64.8 Å². The van der Waals surface area contributed by atoms with Gasteiger partial charge in [0, 0.05) is 41.1 Å². The fourth-order valence-electron chi connectivity index (χ4n) is 5.74. The van der Waals surface area contributed by atoms with Crippen LogP contribution in [-0.2, 0) is 30.4 Å². The second-order valence-corrected chi connectivity index (χ2v) is 12.1. The van der Waals surface area contributed by atoms with Gasteiger partial charge < -0.3 is 35.0 Å². The molecule has 0 saturated carbocycles. The summed E-state index contributed by atoms with van der Waals surface area (Å²) in [5, 5.41) is 29.9. The van der Waals surface area contributed by atoms with Crippen molar-refractivity contribution in [2.75, 3.05) is 38.7 Å². The van der Waals surface area contributed by atoms with Crippen LogP contribution >= 0.6 is 11.6 Å². The highest BCUT2D eigenvalue weighted by Gasteiger charge is 2.38. The maximum absolute atomic E-state index is 13.4. The number of hydrogen-bond acceptors (Lipinski definition) is 9. The summed E-state index contributed by atoms with van der Waals surface area (Å²) >= 11 is 6.17. The SMILES string of the molecule is COC(=O)C1CCCN1C(=O)N[C@H](C)C(=O)N1CCOC[C@H]1C(=O)Nc1ccc(C#Cc2cn(CCC#N)nc2-c2cc(Cl)ccc2O)cc1. The van der Waals surface area contributed by atoms with Gasteiger partial charge in [0.05, 0.1) is 44.9 Å². The minimum atomic E-state index is -0.963. The number of rotatable bonds is 8. The van der Waals surface area contributed by atoms with Gasteiger partial charge in [0.15, 0.2) is 0 Å². The molecule has 3 aromatic rings. The van der Waals surface area contributed by atoms with Gasteiger partial charge in [-0.2, -0.15) is 10.4 Å². The van der Waals surface area contributed by atoms with Gasteiger partial charge in [-0.25, -0.2) is 9.59 Å². The van der Waals surface area contributed by atoms with E-state index in [4.69, 9.17) is 26.3 Å². The average molecular weight is 702 g/mol. The summed E-state index contributed by atoms with van der Waals surface area (Å²) in [5.41, 5.74) is 2.45. The number of amides is 4. The summed E-state index contributed by atoms with van der Waals surface area (Å²) in [6.45, 7) is 2.61. The third-order valence-electron chi connectivity index (χ3n) is 8.33. The molecule has 2 aliphatic heterocycles. The van der Waals surface area contributed by atoms with E-state index >= 15 is 0 Å². The number of phenols is 1. The van der Waals surface area contributed by atoms with E-state index in [0.29, 0.717) is 59.0 Å². The number of aromatic nitrogens is 2. The zero-order chi connectivity index (χ0) is 35.8. The highest BCUT2D eigenvalue weighted by Crippen LogP contribution is 2.33. The van der Waals surface area contributed by atoms with E-state index in [1.165, 1.54) is 29.9 Å². The molecule has 0 bridgehead atoms. The molecule has 14 nitrogen and oxygen atoms in total. The number of aryl methyl sites for hydroxylation is 1. The molecule has 4 amide bonds. The van der Waals surface area contributed by atoms with E-state index in [0.717, 1.165) is 0 Å². The van der Waals surface area contributed by atoms with E-state index in [9.17, 15) is 24.3 Å². The number of nitriles is 1. The molecule has 0 spiro atoms. The highest BCUT2D eigenvalue weighted by molar-refractivity contribution is 6.31. The Balaban J connectivity index is 1.24. The molecule has 50 heavy (non-hydrogen) atoms. The number of nitrogens with one attached hydrogen (secondary N) is 2. The summed E-state index contributed by atoms with van der Waals surface area (Å²) in [6.07, 6.45) is 3.06. The van der Waals surface area contributed by atoms with Crippen LogP contribution in [0.25, 0.3) is 11.3 Å². The Morgan fingerprint density at radius 3 is 2.64 bits per heavy atom. The number of esters is 1. The number of carbonyl (C=O) groups is 4. The van der Waals surface area contributed by atoms with Gasteiger partial charge >= 0.3 is 12.0 Å². The van der Waals surface area contributed by atoms with Crippen molar-refractivity contribution in [3.8, 4) is 34.9 Å². The second-order valence-electron chi connectivity index (χ2n) is 11.7. The monoisotopic (exact) mass is 701 g/mol. The van der Waals surface area contributed by atoms with Crippen LogP contribution < -0.4 is 10.6 Å². The zero-order valence-electron chi connectivity index (χ0n) is 27.5. The fourth-order valence-corrected chi connectivity index (χ4v) is 5.92. The number of anilines is 1. The quantitative estimate of drug-likeness (QED) is 0.235. The third-order valence-corrected chi connectivity index (χ3v) is 8.57. The minimum Gasteiger partial charge on any atom is -0.507 e. The van der Waals surface area contributed by atoms with E-state index in [-0.39, 0.29) is 31.9 Å². The van der Waals surface area contributed by atoms with E-state index in [1.807, 2.05) is 0 Å². The molecule has 260 valence electrons. The van der Waals surface area contributed by atoms with Crippen molar-refractivity contribution in [1.82, 2.24) is 24.9 Å². The van der Waals surface area contributed by atoms with E-state index in [1.54, 1.807) is 47.3 Å². The molecule has 0 aliphatic carbocycles. The number of phenolic OH excluding ortho intramolecular Hbond substituents is 1. The number of carbonyl (C=O) groups excluding carboxylic acids is 4. The van der Waals surface area contributed by atoms with Crippen LogP contribution in [0.2, 0.25) is 5.02 Å². The minimum absolute atomic E-state index is 0.0122. The molecule has 2 aromatic carbocycles.